The molecule has 0 atom stereocenters. The van der Waals surface area contributed by atoms with Crippen LogP contribution in [-0.2, 0) is 6.54 Å². The van der Waals surface area contributed by atoms with Gasteiger partial charge < -0.3 is 14.3 Å². The van der Waals surface area contributed by atoms with E-state index in [0.717, 1.165) is 6.54 Å². The minimum atomic E-state index is -0.132. The van der Waals surface area contributed by atoms with Gasteiger partial charge in [0, 0.05) is 25.5 Å². The van der Waals surface area contributed by atoms with Crippen LogP contribution in [0, 0.1) is 0 Å². The Bertz CT molecular complexity index is 462. The SMILES string of the molecule is O=C(NCCn1cccc1)c1ccoc1Br. The van der Waals surface area contributed by atoms with Gasteiger partial charge in [-0.05, 0) is 34.1 Å². The number of furan rings is 1. The lowest BCUT2D eigenvalue weighted by atomic mass is 10.3. The molecule has 2 aromatic heterocycles. The van der Waals surface area contributed by atoms with Crippen molar-refractivity contribution in [1.29, 1.82) is 0 Å². The number of carbonyl (C=O) groups is 1. The number of hydrogen-bond donors (Lipinski definition) is 1. The molecule has 0 saturated heterocycles. The van der Waals surface area contributed by atoms with Crippen molar-refractivity contribution in [2.45, 2.75) is 6.54 Å². The largest absolute Gasteiger partial charge is 0.457 e. The van der Waals surface area contributed by atoms with E-state index in [9.17, 15) is 4.79 Å². The number of hydrogen-bond acceptors (Lipinski definition) is 2. The Hall–Kier alpha value is -1.49. The van der Waals surface area contributed by atoms with Gasteiger partial charge in [0.15, 0.2) is 4.67 Å². The van der Waals surface area contributed by atoms with E-state index < -0.39 is 0 Å². The molecule has 0 aliphatic heterocycles. The van der Waals surface area contributed by atoms with Crippen LogP contribution in [-0.4, -0.2) is 17.0 Å². The molecule has 0 fully saturated rings. The van der Waals surface area contributed by atoms with Gasteiger partial charge in [0.2, 0.25) is 0 Å². The zero-order valence-electron chi connectivity index (χ0n) is 8.52. The lowest BCUT2D eigenvalue weighted by molar-refractivity contribution is 0.0950. The van der Waals surface area contributed by atoms with Crippen LogP contribution in [0.5, 0.6) is 0 Å². The second kappa shape index (κ2) is 5.03. The standard InChI is InChI=1S/C11H11BrN2O2/c12-10-9(3-8-16-10)11(15)13-4-7-14-5-1-2-6-14/h1-3,5-6,8H,4,7H2,(H,13,15). The van der Waals surface area contributed by atoms with Crippen molar-refractivity contribution in [2.75, 3.05) is 6.54 Å². The quantitative estimate of drug-likeness (QED) is 0.935. The molecule has 2 rings (SSSR count). The molecule has 1 N–H and O–H groups in total. The summed E-state index contributed by atoms with van der Waals surface area (Å²) in [5.74, 6) is -0.132. The maximum atomic E-state index is 11.6. The minimum absolute atomic E-state index is 0.132. The highest BCUT2D eigenvalue weighted by atomic mass is 79.9. The zero-order valence-corrected chi connectivity index (χ0v) is 10.1. The van der Waals surface area contributed by atoms with Gasteiger partial charge in [-0.3, -0.25) is 4.79 Å². The summed E-state index contributed by atoms with van der Waals surface area (Å²) in [6.07, 6.45) is 5.39. The minimum Gasteiger partial charge on any atom is -0.457 e. The van der Waals surface area contributed by atoms with Crippen LogP contribution in [0.1, 0.15) is 10.4 Å². The highest BCUT2D eigenvalue weighted by molar-refractivity contribution is 9.10. The summed E-state index contributed by atoms with van der Waals surface area (Å²) in [5.41, 5.74) is 0.521. The van der Waals surface area contributed by atoms with Crippen LogP contribution >= 0.6 is 15.9 Å². The molecule has 2 heterocycles. The van der Waals surface area contributed by atoms with Gasteiger partial charge in [-0.25, -0.2) is 0 Å². The normalized spacial score (nSPS) is 10.3. The van der Waals surface area contributed by atoms with E-state index in [0.29, 0.717) is 16.8 Å². The summed E-state index contributed by atoms with van der Waals surface area (Å²) < 4.78 is 7.46. The highest BCUT2D eigenvalue weighted by Crippen LogP contribution is 2.16. The Morgan fingerprint density at radius 3 is 2.81 bits per heavy atom. The van der Waals surface area contributed by atoms with E-state index in [1.165, 1.54) is 6.26 Å². The Balaban J connectivity index is 1.83. The summed E-state index contributed by atoms with van der Waals surface area (Å²) in [4.78, 5) is 11.6. The van der Waals surface area contributed by atoms with E-state index in [1.807, 2.05) is 29.1 Å². The van der Waals surface area contributed by atoms with Crippen LogP contribution < -0.4 is 5.32 Å². The van der Waals surface area contributed by atoms with Crippen molar-refractivity contribution in [3.05, 3.63) is 47.1 Å². The third-order valence-electron chi connectivity index (χ3n) is 2.18. The van der Waals surface area contributed by atoms with Gasteiger partial charge >= 0.3 is 0 Å². The maximum Gasteiger partial charge on any atom is 0.255 e. The monoisotopic (exact) mass is 282 g/mol. The Kier molecular flexibility index (Phi) is 3.46. The average molecular weight is 283 g/mol. The van der Waals surface area contributed by atoms with Crippen molar-refractivity contribution in [2.24, 2.45) is 0 Å². The summed E-state index contributed by atoms with van der Waals surface area (Å²) >= 11 is 3.16. The van der Waals surface area contributed by atoms with Crippen molar-refractivity contribution in [3.8, 4) is 0 Å². The van der Waals surface area contributed by atoms with E-state index >= 15 is 0 Å². The smallest absolute Gasteiger partial charge is 0.255 e. The number of rotatable bonds is 4. The van der Waals surface area contributed by atoms with Crippen LogP contribution in [0.25, 0.3) is 0 Å². The van der Waals surface area contributed by atoms with E-state index in [1.54, 1.807) is 6.07 Å². The second-order valence-corrected chi connectivity index (χ2v) is 4.00. The molecule has 2 aromatic rings. The summed E-state index contributed by atoms with van der Waals surface area (Å²) in [5, 5.41) is 2.81. The molecule has 0 unspecified atom stereocenters. The first-order chi connectivity index (χ1) is 7.77. The highest BCUT2D eigenvalue weighted by Gasteiger charge is 2.11. The molecular weight excluding hydrogens is 272 g/mol. The molecule has 16 heavy (non-hydrogen) atoms. The fourth-order valence-corrected chi connectivity index (χ4v) is 1.79. The van der Waals surface area contributed by atoms with Crippen molar-refractivity contribution < 1.29 is 9.21 Å². The Labute approximate surface area is 101 Å². The molecule has 0 saturated carbocycles. The summed E-state index contributed by atoms with van der Waals surface area (Å²) in [6.45, 7) is 1.35. The van der Waals surface area contributed by atoms with E-state index in [4.69, 9.17) is 4.42 Å². The average Bonchev–Trinajstić information content (AvgIpc) is 2.88. The number of nitrogens with one attached hydrogen (secondary N) is 1. The zero-order chi connectivity index (χ0) is 11.4. The van der Waals surface area contributed by atoms with Crippen LogP contribution in [0.2, 0.25) is 0 Å². The number of nitrogens with zero attached hydrogens (tertiary/aromatic N) is 1. The predicted octanol–water partition coefficient (Wildman–Crippen LogP) is 2.27. The van der Waals surface area contributed by atoms with Crippen LogP contribution in [0.3, 0.4) is 0 Å². The lowest BCUT2D eigenvalue weighted by Crippen LogP contribution is -2.26. The Morgan fingerprint density at radius 1 is 1.44 bits per heavy atom. The van der Waals surface area contributed by atoms with Crippen molar-refractivity contribution >= 4 is 21.8 Å². The van der Waals surface area contributed by atoms with Crippen LogP contribution in [0.15, 0.2) is 45.9 Å². The van der Waals surface area contributed by atoms with E-state index in [-0.39, 0.29) is 5.91 Å². The first kappa shape index (κ1) is 11.0. The predicted molar refractivity (Wildman–Crippen MR) is 63.2 cm³/mol. The molecule has 5 heteroatoms. The van der Waals surface area contributed by atoms with Crippen LogP contribution in [0.4, 0.5) is 0 Å². The molecule has 84 valence electrons. The molecular formula is C11H11BrN2O2. The van der Waals surface area contributed by atoms with Crippen molar-refractivity contribution in [1.82, 2.24) is 9.88 Å². The van der Waals surface area contributed by atoms with Crippen molar-refractivity contribution in [3.63, 3.8) is 0 Å². The van der Waals surface area contributed by atoms with E-state index in [2.05, 4.69) is 21.2 Å². The molecule has 0 radical (unpaired) electrons. The molecule has 0 aromatic carbocycles. The fourth-order valence-electron chi connectivity index (χ4n) is 1.37. The fraction of sp³-hybridized carbons (Fsp3) is 0.182. The maximum absolute atomic E-state index is 11.6. The molecule has 0 bridgehead atoms. The number of halogens is 1. The van der Waals surface area contributed by atoms with Gasteiger partial charge in [-0.1, -0.05) is 0 Å². The van der Waals surface area contributed by atoms with Gasteiger partial charge in [0.1, 0.15) is 0 Å². The summed E-state index contributed by atoms with van der Waals surface area (Å²) in [6, 6.07) is 5.54. The number of aromatic nitrogens is 1. The first-order valence-electron chi connectivity index (χ1n) is 4.89. The van der Waals surface area contributed by atoms with Gasteiger partial charge in [0.05, 0.1) is 11.8 Å². The topological polar surface area (TPSA) is 47.2 Å². The Morgan fingerprint density at radius 2 is 2.19 bits per heavy atom. The number of amides is 1. The molecule has 0 aliphatic carbocycles. The first-order valence-corrected chi connectivity index (χ1v) is 5.68. The molecule has 1 amide bonds. The molecule has 0 aliphatic rings. The second-order valence-electron chi connectivity index (χ2n) is 3.28. The third kappa shape index (κ3) is 2.55. The summed E-state index contributed by atoms with van der Waals surface area (Å²) in [7, 11) is 0. The van der Waals surface area contributed by atoms with Gasteiger partial charge in [-0.2, -0.15) is 0 Å². The molecule has 0 spiro atoms. The lowest BCUT2D eigenvalue weighted by Gasteiger charge is -2.04. The third-order valence-corrected chi connectivity index (χ3v) is 2.80. The van der Waals surface area contributed by atoms with Gasteiger partial charge in [-0.15, -0.1) is 0 Å². The number of carbonyl (C=O) groups excluding carboxylic acids is 1. The van der Waals surface area contributed by atoms with Gasteiger partial charge in [0.25, 0.3) is 5.91 Å². The molecule has 4 nitrogen and oxygen atoms in total.